The first-order chi connectivity index (χ1) is 20.0. The van der Waals surface area contributed by atoms with Crippen molar-refractivity contribution in [2.24, 2.45) is 46.3 Å². The van der Waals surface area contributed by atoms with Crippen molar-refractivity contribution in [2.75, 3.05) is 20.1 Å². The van der Waals surface area contributed by atoms with E-state index in [2.05, 4.69) is 63.5 Å². The topological polar surface area (TPSA) is 89.8 Å². The third-order valence-corrected chi connectivity index (χ3v) is 14.0. The van der Waals surface area contributed by atoms with Crippen LogP contribution in [0.25, 0.3) is 0 Å². The zero-order chi connectivity index (χ0) is 29.9. The van der Waals surface area contributed by atoms with Crippen LogP contribution >= 0.6 is 0 Å². The fourth-order valence-electron chi connectivity index (χ4n) is 11.3. The van der Waals surface area contributed by atoms with Crippen LogP contribution in [-0.4, -0.2) is 65.7 Å². The van der Waals surface area contributed by atoms with Gasteiger partial charge in [-0.3, -0.25) is 9.28 Å². The summed E-state index contributed by atoms with van der Waals surface area (Å²) in [5, 5.41) is 37.1. The predicted octanol–water partition coefficient (Wildman–Crippen LogP) is 2.28. The largest absolute Gasteiger partial charge is 1.00 e. The Bertz CT molecular complexity index is 1110. The number of benzene rings is 1. The van der Waals surface area contributed by atoms with Crippen molar-refractivity contribution in [1.82, 2.24) is 9.80 Å². The van der Waals surface area contributed by atoms with Gasteiger partial charge in [-0.25, -0.2) is 0 Å². The maximum atomic E-state index is 13.1. The SMILES string of the molecule is C[C@H](CCC(=O)NC1CC[N+](C)(c2ccccc2)CC1)[C@H]1CC[C@H]2[C@@H]3[C@H](O)C[C@@H]4C[C@H](O)CC[C@]4(C)[C@H]3C[C@H](O)[C@]12C.[I-]. The van der Waals surface area contributed by atoms with Crippen LogP contribution < -0.4 is 33.8 Å². The van der Waals surface area contributed by atoms with Gasteiger partial charge in [0.05, 0.1) is 38.4 Å². The van der Waals surface area contributed by atoms with Crippen LogP contribution in [-0.2, 0) is 4.79 Å². The average molecular weight is 709 g/mol. The molecule has 1 amide bonds. The Kier molecular flexibility index (Phi) is 10.0. The van der Waals surface area contributed by atoms with Gasteiger partial charge in [-0.05, 0) is 110 Å². The first-order valence-electron chi connectivity index (χ1n) is 17.2. The molecular weight excluding hydrogens is 651 g/mol. The normalized spacial score (nSPS) is 46.4. The van der Waals surface area contributed by atoms with E-state index in [4.69, 9.17) is 0 Å². The van der Waals surface area contributed by atoms with Gasteiger partial charge in [0.2, 0.25) is 5.91 Å². The van der Waals surface area contributed by atoms with E-state index in [9.17, 15) is 20.1 Å². The van der Waals surface area contributed by atoms with Gasteiger partial charge in [0.1, 0.15) is 5.69 Å². The molecule has 5 fully saturated rings. The summed E-state index contributed by atoms with van der Waals surface area (Å²) in [6.45, 7) is 9.08. The van der Waals surface area contributed by atoms with Gasteiger partial charge in [-0.2, -0.15) is 0 Å². The number of carbonyl (C=O) groups excluding carboxylic acids is 1. The molecule has 1 heterocycles. The summed E-state index contributed by atoms with van der Waals surface area (Å²) in [4.78, 5) is 13.1. The van der Waals surface area contributed by atoms with Gasteiger partial charge in [0.25, 0.3) is 0 Å². The molecule has 7 heteroatoms. The average Bonchev–Trinajstić information content (AvgIpc) is 3.33. The van der Waals surface area contributed by atoms with E-state index < -0.39 is 0 Å². The van der Waals surface area contributed by atoms with E-state index in [1.54, 1.807) is 0 Å². The van der Waals surface area contributed by atoms with E-state index in [1.807, 2.05) is 0 Å². The van der Waals surface area contributed by atoms with Gasteiger partial charge >= 0.3 is 0 Å². The summed E-state index contributed by atoms with van der Waals surface area (Å²) in [6.07, 6.45) is 8.80. The number of fused-ring (bicyclic) bond motifs is 5. The van der Waals surface area contributed by atoms with Crippen molar-refractivity contribution in [2.45, 2.75) is 116 Å². The zero-order valence-corrected chi connectivity index (χ0v) is 29.1. The molecule has 1 aromatic rings. The van der Waals surface area contributed by atoms with Crippen molar-refractivity contribution in [1.29, 1.82) is 0 Å². The highest BCUT2D eigenvalue weighted by Gasteiger charge is 2.65. The van der Waals surface area contributed by atoms with E-state index >= 15 is 0 Å². The molecule has 6 rings (SSSR count). The molecule has 4 aliphatic carbocycles. The van der Waals surface area contributed by atoms with Crippen molar-refractivity contribution in [3.63, 3.8) is 0 Å². The number of para-hydroxylation sites is 1. The maximum Gasteiger partial charge on any atom is 0.220 e. The quantitative estimate of drug-likeness (QED) is 0.270. The lowest BCUT2D eigenvalue weighted by Crippen LogP contribution is -3.00. The second-order valence-electron chi connectivity index (χ2n) is 16.1. The highest BCUT2D eigenvalue weighted by molar-refractivity contribution is 5.76. The number of rotatable bonds is 6. The number of hydrogen-bond donors (Lipinski definition) is 4. The van der Waals surface area contributed by atoms with Gasteiger partial charge in [-0.1, -0.05) is 39.0 Å². The number of piperidine rings is 1. The summed E-state index contributed by atoms with van der Waals surface area (Å²) in [5.41, 5.74) is 1.24. The molecule has 242 valence electrons. The second-order valence-corrected chi connectivity index (χ2v) is 16.1. The minimum Gasteiger partial charge on any atom is -1.00 e. The molecule has 4 N–H and O–H groups in total. The molecule has 0 aromatic heterocycles. The lowest BCUT2D eigenvalue weighted by molar-refractivity contribution is -0.207. The second kappa shape index (κ2) is 12.8. The van der Waals surface area contributed by atoms with Gasteiger partial charge < -0.3 is 44.6 Å². The monoisotopic (exact) mass is 708 g/mol. The molecule has 0 radical (unpaired) electrons. The number of carbonyl (C=O) groups is 1. The van der Waals surface area contributed by atoms with E-state index in [1.165, 1.54) is 5.69 Å². The fourth-order valence-corrected chi connectivity index (χ4v) is 11.3. The van der Waals surface area contributed by atoms with E-state index in [0.29, 0.717) is 36.0 Å². The number of likely N-dealkylation sites (tertiary alicyclic amines) is 1. The smallest absolute Gasteiger partial charge is 0.220 e. The predicted molar refractivity (Wildman–Crippen MR) is 167 cm³/mol. The third-order valence-electron chi connectivity index (χ3n) is 14.0. The Morgan fingerprint density at radius 2 is 1.67 bits per heavy atom. The van der Waals surface area contributed by atoms with Crippen LogP contribution in [0.5, 0.6) is 0 Å². The van der Waals surface area contributed by atoms with Gasteiger partial charge in [-0.15, -0.1) is 0 Å². The molecule has 0 spiro atoms. The molecule has 43 heavy (non-hydrogen) atoms. The molecule has 1 aliphatic heterocycles. The third kappa shape index (κ3) is 5.96. The molecule has 1 aromatic carbocycles. The number of halogens is 1. The molecule has 0 bridgehead atoms. The van der Waals surface area contributed by atoms with Crippen LogP contribution in [0.4, 0.5) is 5.69 Å². The molecule has 4 saturated carbocycles. The summed E-state index contributed by atoms with van der Waals surface area (Å²) in [5.74, 6) is 2.13. The fraction of sp³-hybridized carbons (Fsp3) is 0.806. The van der Waals surface area contributed by atoms with Crippen LogP contribution in [0, 0.1) is 46.3 Å². The van der Waals surface area contributed by atoms with Crippen molar-refractivity contribution in [3.8, 4) is 0 Å². The Balaban J connectivity index is 0.00000368. The number of hydrogen-bond acceptors (Lipinski definition) is 4. The Hall–Kier alpha value is -0.740. The lowest BCUT2D eigenvalue weighted by Gasteiger charge is -2.63. The molecule has 5 aliphatic rings. The Morgan fingerprint density at radius 1 is 0.977 bits per heavy atom. The van der Waals surface area contributed by atoms with Crippen LogP contribution in [0.3, 0.4) is 0 Å². The summed E-state index contributed by atoms with van der Waals surface area (Å²) >= 11 is 0. The number of nitrogens with one attached hydrogen (secondary N) is 1. The van der Waals surface area contributed by atoms with E-state index in [-0.39, 0.29) is 71.0 Å². The molecule has 1 saturated heterocycles. The number of aliphatic hydroxyl groups excluding tert-OH is 3. The summed E-state index contributed by atoms with van der Waals surface area (Å²) in [6, 6.07) is 11.0. The first-order valence-corrected chi connectivity index (χ1v) is 17.2. The molecule has 0 unspecified atom stereocenters. The first kappa shape index (κ1) is 33.6. The summed E-state index contributed by atoms with van der Waals surface area (Å²) in [7, 11) is 2.30. The van der Waals surface area contributed by atoms with Crippen LogP contribution in [0.15, 0.2) is 30.3 Å². The maximum absolute atomic E-state index is 13.1. The van der Waals surface area contributed by atoms with Crippen molar-refractivity contribution < 1.29 is 44.1 Å². The Morgan fingerprint density at radius 3 is 2.37 bits per heavy atom. The van der Waals surface area contributed by atoms with E-state index in [0.717, 1.165) is 81.8 Å². The highest BCUT2D eigenvalue weighted by atomic mass is 127. The number of nitrogens with zero attached hydrogens (tertiary/aromatic N) is 1. The molecule has 6 nitrogen and oxygen atoms in total. The van der Waals surface area contributed by atoms with Crippen molar-refractivity contribution >= 4 is 11.6 Å². The number of amides is 1. The van der Waals surface area contributed by atoms with Gasteiger partial charge in [0.15, 0.2) is 0 Å². The van der Waals surface area contributed by atoms with Gasteiger partial charge in [0, 0.05) is 25.3 Å². The minimum absolute atomic E-state index is 0. The van der Waals surface area contributed by atoms with Crippen LogP contribution in [0.1, 0.15) is 91.4 Å². The Labute approximate surface area is 277 Å². The standard InChI is InChI=1S/C36H56N2O4.HI/c1-23(10-13-33(42)37-25-15-18-38(4,19-16-25)26-8-6-5-7-9-26)28-11-12-29-34-30(22-32(41)36(28,29)3)35(2)17-14-27(39)20-24(35)21-31(34)40;/h5-9,23-25,27-32,34,39-41H,10-22H2,1-4H3;1H/t23-,24+,25?,27-,28-,29+,30+,31-,32+,34+,35+,36-,38?;/m1./s1. The highest BCUT2D eigenvalue weighted by Crippen LogP contribution is 2.68. The molecule has 11 atom stereocenters. The minimum atomic E-state index is -0.374. The lowest BCUT2D eigenvalue weighted by atomic mass is 9.43. The van der Waals surface area contributed by atoms with Crippen LogP contribution in [0.2, 0.25) is 0 Å². The zero-order valence-electron chi connectivity index (χ0n) is 26.9. The van der Waals surface area contributed by atoms with Crippen molar-refractivity contribution in [3.05, 3.63) is 30.3 Å². The molecular formula is C36H57IN2O4. The summed E-state index contributed by atoms with van der Waals surface area (Å²) < 4.78 is 0.937. The number of quaternary nitrogens is 1. The number of aliphatic hydroxyl groups is 3.